The minimum absolute atomic E-state index is 0.100. The standard InChI is InChI=1S/C13H17N3O3/c1-13(2)12(19)15(3)6-7-16(13)11(18)9-4-5-14-10(17)8-9/h4-5,8H,6-7H2,1-3H3,(H,14,17). The topological polar surface area (TPSA) is 73.5 Å². The first-order valence-electron chi connectivity index (χ1n) is 6.10. The highest BCUT2D eigenvalue weighted by Crippen LogP contribution is 2.23. The molecule has 2 heterocycles. The SMILES string of the molecule is CN1CCN(C(=O)c2cc[nH]c(=O)c2)C(C)(C)C1=O. The summed E-state index contributed by atoms with van der Waals surface area (Å²) in [5.74, 6) is -0.394. The van der Waals surface area contributed by atoms with Crippen LogP contribution in [-0.4, -0.2) is 52.3 Å². The zero-order valence-corrected chi connectivity index (χ0v) is 11.3. The third kappa shape index (κ3) is 2.25. The molecule has 0 aromatic carbocycles. The highest BCUT2D eigenvalue weighted by Gasteiger charge is 2.43. The van der Waals surface area contributed by atoms with E-state index in [0.29, 0.717) is 18.7 Å². The van der Waals surface area contributed by atoms with Crippen LogP contribution in [0.3, 0.4) is 0 Å². The van der Waals surface area contributed by atoms with Crippen LogP contribution in [0.2, 0.25) is 0 Å². The van der Waals surface area contributed by atoms with E-state index in [4.69, 9.17) is 0 Å². The first-order chi connectivity index (χ1) is 8.84. The summed E-state index contributed by atoms with van der Waals surface area (Å²) >= 11 is 0. The Hall–Kier alpha value is -2.11. The molecule has 1 aromatic rings. The van der Waals surface area contributed by atoms with Gasteiger partial charge in [-0.3, -0.25) is 14.4 Å². The Labute approximate surface area is 111 Å². The molecule has 0 radical (unpaired) electrons. The lowest BCUT2D eigenvalue weighted by molar-refractivity contribution is -0.144. The Bertz CT molecular complexity index is 576. The van der Waals surface area contributed by atoms with Crippen molar-refractivity contribution >= 4 is 11.8 Å². The first-order valence-corrected chi connectivity index (χ1v) is 6.10. The quantitative estimate of drug-likeness (QED) is 0.779. The van der Waals surface area contributed by atoms with Crippen molar-refractivity contribution < 1.29 is 9.59 Å². The Morgan fingerprint density at radius 1 is 1.32 bits per heavy atom. The maximum absolute atomic E-state index is 12.4. The molecule has 1 fully saturated rings. The molecule has 1 aromatic heterocycles. The second-order valence-electron chi connectivity index (χ2n) is 5.18. The minimum Gasteiger partial charge on any atom is -0.342 e. The van der Waals surface area contributed by atoms with E-state index in [1.807, 2.05) is 0 Å². The molecule has 19 heavy (non-hydrogen) atoms. The molecule has 6 nitrogen and oxygen atoms in total. The van der Waals surface area contributed by atoms with Crippen molar-refractivity contribution in [3.05, 3.63) is 34.2 Å². The molecule has 1 saturated heterocycles. The van der Waals surface area contributed by atoms with E-state index < -0.39 is 5.54 Å². The first kappa shape index (κ1) is 13.3. The fourth-order valence-electron chi connectivity index (χ4n) is 2.30. The molecule has 6 heteroatoms. The summed E-state index contributed by atoms with van der Waals surface area (Å²) < 4.78 is 0. The number of likely N-dealkylation sites (N-methyl/N-ethyl adjacent to an activating group) is 1. The Kier molecular flexibility index (Phi) is 3.18. The monoisotopic (exact) mass is 263 g/mol. The number of hydrogen-bond donors (Lipinski definition) is 1. The van der Waals surface area contributed by atoms with Crippen molar-refractivity contribution in [2.75, 3.05) is 20.1 Å². The lowest BCUT2D eigenvalue weighted by atomic mass is 9.96. The van der Waals surface area contributed by atoms with E-state index in [1.54, 1.807) is 31.9 Å². The van der Waals surface area contributed by atoms with Crippen LogP contribution < -0.4 is 5.56 Å². The number of H-pyrrole nitrogens is 1. The van der Waals surface area contributed by atoms with E-state index >= 15 is 0 Å². The smallest absolute Gasteiger partial charge is 0.255 e. The van der Waals surface area contributed by atoms with Gasteiger partial charge in [0.15, 0.2) is 0 Å². The van der Waals surface area contributed by atoms with Crippen LogP contribution in [0.5, 0.6) is 0 Å². The van der Waals surface area contributed by atoms with Crippen LogP contribution in [-0.2, 0) is 4.79 Å². The average molecular weight is 263 g/mol. The van der Waals surface area contributed by atoms with Crippen LogP contribution in [0, 0.1) is 0 Å². The van der Waals surface area contributed by atoms with Gasteiger partial charge in [-0.1, -0.05) is 0 Å². The van der Waals surface area contributed by atoms with Crippen LogP contribution in [0.1, 0.15) is 24.2 Å². The second kappa shape index (κ2) is 4.53. The number of hydrogen-bond acceptors (Lipinski definition) is 3. The molecule has 0 aliphatic carbocycles. The molecule has 102 valence electrons. The summed E-state index contributed by atoms with van der Waals surface area (Å²) in [6.45, 7) is 4.39. The van der Waals surface area contributed by atoms with Gasteiger partial charge in [0.05, 0.1) is 0 Å². The van der Waals surface area contributed by atoms with Gasteiger partial charge in [-0.15, -0.1) is 0 Å². The van der Waals surface area contributed by atoms with E-state index in [-0.39, 0.29) is 17.4 Å². The number of carbonyl (C=O) groups excluding carboxylic acids is 2. The van der Waals surface area contributed by atoms with Crippen LogP contribution >= 0.6 is 0 Å². The highest BCUT2D eigenvalue weighted by molar-refractivity contribution is 5.99. The fraction of sp³-hybridized carbons (Fsp3) is 0.462. The molecular weight excluding hydrogens is 246 g/mol. The number of carbonyl (C=O) groups is 2. The Morgan fingerprint density at radius 2 is 2.00 bits per heavy atom. The largest absolute Gasteiger partial charge is 0.342 e. The van der Waals surface area contributed by atoms with Gasteiger partial charge in [-0.2, -0.15) is 0 Å². The maximum atomic E-state index is 12.4. The van der Waals surface area contributed by atoms with Gasteiger partial charge in [0, 0.05) is 38.0 Å². The van der Waals surface area contributed by atoms with Gasteiger partial charge in [-0.05, 0) is 19.9 Å². The third-order valence-corrected chi connectivity index (χ3v) is 3.47. The molecule has 1 N–H and O–H groups in total. The van der Waals surface area contributed by atoms with Crippen molar-refractivity contribution in [1.29, 1.82) is 0 Å². The number of rotatable bonds is 1. The highest BCUT2D eigenvalue weighted by atomic mass is 16.2. The molecule has 0 atom stereocenters. The average Bonchev–Trinajstić information content (AvgIpc) is 2.35. The van der Waals surface area contributed by atoms with E-state index in [9.17, 15) is 14.4 Å². The summed E-state index contributed by atoms with van der Waals surface area (Å²) in [7, 11) is 1.72. The van der Waals surface area contributed by atoms with Crippen LogP contribution in [0.4, 0.5) is 0 Å². The van der Waals surface area contributed by atoms with Crippen molar-refractivity contribution in [2.45, 2.75) is 19.4 Å². The molecule has 2 amide bonds. The van der Waals surface area contributed by atoms with Gasteiger partial charge in [-0.25, -0.2) is 0 Å². The second-order valence-corrected chi connectivity index (χ2v) is 5.18. The predicted molar refractivity (Wildman–Crippen MR) is 69.8 cm³/mol. The van der Waals surface area contributed by atoms with E-state index in [1.165, 1.54) is 17.2 Å². The lowest BCUT2D eigenvalue weighted by Crippen LogP contribution is -2.63. The van der Waals surface area contributed by atoms with Crippen molar-refractivity contribution in [3.8, 4) is 0 Å². The molecule has 0 unspecified atom stereocenters. The van der Waals surface area contributed by atoms with Gasteiger partial charge in [0.1, 0.15) is 5.54 Å². The number of pyridine rings is 1. The Balaban J connectivity index is 2.34. The zero-order valence-electron chi connectivity index (χ0n) is 11.3. The number of nitrogens with zero attached hydrogens (tertiary/aromatic N) is 2. The number of aromatic amines is 1. The molecule has 0 bridgehead atoms. The summed E-state index contributed by atoms with van der Waals surface area (Å²) in [6.07, 6.45) is 1.43. The van der Waals surface area contributed by atoms with Gasteiger partial charge < -0.3 is 14.8 Å². The van der Waals surface area contributed by atoms with E-state index in [2.05, 4.69) is 4.98 Å². The number of nitrogens with one attached hydrogen (secondary N) is 1. The van der Waals surface area contributed by atoms with Gasteiger partial charge >= 0.3 is 0 Å². The van der Waals surface area contributed by atoms with E-state index in [0.717, 1.165) is 0 Å². The van der Waals surface area contributed by atoms with Gasteiger partial charge in [0.25, 0.3) is 5.91 Å². The molecule has 0 spiro atoms. The molecule has 0 saturated carbocycles. The van der Waals surface area contributed by atoms with Crippen LogP contribution in [0.15, 0.2) is 23.1 Å². The predicted octanol–water partition coefficient (Wildman–Crippen LogP) is 0.0677. The maximum Gasteiger partial charge on any atom is 0.255 e. The summed E-state index contributed by atoms with van der Waals surface area (Å²) in [5, 5.41) is 0. The molecule has 2 rings (SSSR count). The van der Waals surface area contributed by atoms with Crippen molar-refractivity contribution in [1.82, 2.24) is 14.8 Å². The van der Waals surface area contributed by atoms with Crippen LogP contribution in [0.25, 0.3) is 0 Å². The van der Waals surface area contributed by atoms with Crippen molar-refractivity contribution in [2.24, 2.45) is 0 Å². The fourth-order valence-corrected chi connectivity index (χ4v) is 2.30. The summed E-state index contributed by atoms with van der Waals surface area (Å²) in [5.41, 5.74) is -0.926. The number of amides is 2. The number of piperazine rings is 1. The Morgan fingerprint density at radius 3 is 2.63 bits per heavy atom. The lowest BCUT2D eigenvalue weighted by Gasteiger charge is -2.44. The molecule has 1 aliphatic heterocycles. The minimum atomic E-state index is -0.896. The van der Waals surface area contributed by atoms with Crippen molar-refractivity contribution in [3.63, 3.8) is 0 Å². The third-order valence-electron chi connectivity index (χ3n) is 3.47. The number of aromatic nitrogens is 1. The van der Waals surface area contributed by atoms with Gasteiger partial charge in [0.2, 0.25) is 11.5 Å². The normalized spacial score (nSPS) is 18.6. The molecule has 1 aliphatic rings. The molecular formula is C13H17N3O3. The summed E-state index contributed by atoms with van der Waals surface area (Å²) in [4.78, 5) is 41.4. The summed E-state index contributed by atoms with van der Waals surface area (Å²) in [6, 6.07) is 2.80. The zero-order chi connectivity index (χ0) is 14.2.